The first kappa shape index (κ1) is 18.5. The molecule has 2 N–H and O–H groups in total. The maximum absolute atomic E-state index is 11.6. The largest absolute Gasteiger partial charge is 0.489 e. The summed E-state index contributed by atoms with van der Waals surface area (Å²) in [5.41, 5.74) is 0.991. The first-order valence-electron chi connectivity index (χ1n) is 7.86. The molecule has 26 heavy (non-hydrogen) atoms. The van der Waals surface area contributed by atoms with Crippen molar-refractivity contribution in [1.29, 1.82) is 0 Å². The molecule has 0 aliphatic rings. The highest BCUT2D eigenvalue weighted by atomic mass is 32.1. The van der Waals surface area contributed by atoms with Crippen molar-refractivity contribution in [2.45, 2.75) is 13.0 Å². The molecule has 2 aromatic carbocycles. The molecule has 3 rings (SSSR count). The van der Waals surface area contributed by atoms with Gasteiger partial charge in [0.2, 0.25) is 0 Å². The normalized spacial score (nSPS) is 11.3. The Balaban J connectivity index is 1.60. The second-order valence-electron chi connectivity index (χ2n) is 5.71. The van der Waals surface area contributed by atoms with Gasteiger partial charge in [0.15, 0.2) is 0 Å². The number of carbonyl (C=O) groups is 1. The summed E-state index contributed by atoms with van der Waals surface area (Å²) in [6.45, 7) is 0.499. The van der Waals surface area contributed by atoms with E-state index in [-0.39, 0.29) is 4.88 Å². The zero-order valence-electron chi connectivity index (χ0n) is 13.7. The third-order valence-electron chi connectivity index (χ3n) is 3.69. The van der Waals surface area contributed by atoms with E-state index in [1.54, 1.807) is 6.07 Å². The Morgan fingerprint density at radius 2 is 1.62 bits per heavy atom. The molecule has 1 heterocycles. The van der Waals surface area contributed by atoms with Gasteiger partial charge in [0, 0.05) is 11.3 Å². The topological polar surface area (TPSA) is 83.8 Å². The van der Waals surface area contributed by atoms with E-state index in [1.807, 2.05) is 54.6 Å². The van der Waals surface area contributed by atoms with E-state index in [1.165, 1.54) is 6.07 Å². The van der Waals surface area contributed by atoms with Crippen molar-refractivity contribution in [3.05, 3.63) is 87.6 Å². The fraction of sp³-hybridized carbons (Fsp3) is 0.105. The van der Waals surface area contributed by atoms with E-state index in [0.29, 0.717) is 13.0 Å². The van der Waals surface area contributed by atoms with Gasteiger partial charge in [-0.2, -0.15) is 0 Å². The van der Waals surface area contributed by atoms with Crippen molar-refractivity contribution >= 4 is 24.5 Å². The predicted octanol–water partition coefficient (Wildman–Crippen LogP) is 4.24. The molecule has 3 aromatic rings. The van der Waals surface area contributed by atoms with Crippen LogP contribution in [0.4, 0.5) is 0 Å². The fourth-order valence-corrected chi connectivity index (χ4v) is 4.11. The lowest BCUT2D eigenvalue weighted by molar-refractivity contribution is 0.104. The van der Waals surface area contributed by atoms with Crippen LogP contribution in [-0.2, 0) is 17.6 Å². The molecule has 0 radical (unpaired) electrons. The van der Waals surface area contributed by atoms with Crippen molar-refractivity contribution in [3.63, 3.8) is 0 Å². The Morgan fingerprint density at radius 3 is 2.27 bits per heavy atom. The summed E-state index contributed by atoms with van der Waals surface area (Å²) in [4.78, 5) is 30.4. The first-order chi connectivity index (χ1) is 12.4. The first-order valence-corrected chi connectivity index (χ1v) is 10.3. The van der Waals surface area contributed by atoms with Gasteiger partial charge in [-0.15, -0.1) is 11.3 Å². The summed E-state index contributed by atoms with van der Waals surface area (Å²) >= 11 is 1.10. The lowest BCUT2D eigenvalue weighted by atomic mass is 10.1. The predicted molar refractivity (Wildman–Crippen MR) is 101 cm³/mol. The minimum absolute atomic E-state index is 0.0798. The molecule has 5 nitrogen and oxygen atoms in total. The third kappa shape index (κ3) is 4.90. The number of benzene rings is 2. The number of rotatable bonds is 7. The molecule has 134 valence electrons. The van der Waals surface area contributed by atoms with Gasteiger partial charge < -0.3 is 14.5 Å². The molecular formula is C19H17O5PS. The van der Waals surface area contributed by atoms with Crippen molar-refractivity contribution in [2.24, 2.45) is 0 Å². The standard InChI is InChI=1S/C19H17O5PS/c20-19(25(21,22)23)18-11-10-17(26-18)12-14-6-8-16(9-7-14)24-13-15-4-2-1-3-5-15/h1-11H,12-13H2,(H2,21,22,23). The Kier molecular flexibility index (Phi) is 5.69. The number of hydrogen-bond donors (Lipinski definition) is 2. The van der Waals surface area contributed by atoms with Crippen molar-refractivity contribution in [2.75, 3.05) is 0 Å². The maximum atomic E-state index is 11.6. The number of thiophene rings is 1. The molecule has 0 amide bonds. The fourth-order valence-electron chi connectivity index (χ4n) is 2.38. The van der Waals surface area contributed by atoms with Crippen LogP contribution in [-0.4, -0.2) is 15.3 Å². The molecule has 0 saturated carbocycles. The SMILES string of the molecule is O=C(c1ccc(Cc2ccc(OCc3ccccc3)cc2)s1)P(=O)(O)O. The van der Waals surface area contributed by atoms with E-state index in [0.717, 1.165) is 33.1 Å². The summed E-state index contributed by atoms with van der Waals surface area (Å²) < 4.78 is 16.8. The Morgan fingerprint density at radius 1 is 0.923 bits per heavy atom. The van der Waals surface area contributed by atoms with Crippen LogP contribution in [0.15, 0.2) is 66.7 Å². The summed E-state index contributed by atoms with van der Waals surface area (Å²) in [7, 11) is -4.73. The van der Waals surface area contributed by atoms with Crippen LogP contribution in [0.3, 0.4) is 0 Å². The second kappa shape index (κ2) is 7.98. The van der Waals surface area contributed by atoms with Gasteiger partial charge in [0.1, 0.15) is 12.4 Å². The van der Waals surface area contributed by atoms with E-state index in [4.69, 9.17) is 14.5 Å². The minimum Gasteiger partial charge on any atom is -0.489 e. The van der Waals surface area contributed by atoms with Crippen LogP contribution >= 0.6 is 18.9 Å². The van der Waals surface area contributed by atoms with Crippen LogP contribution < -0.4 is 4.74 Å². The van der Waals surface area contributed by atoms with Crippen LogP contribution in [0, 0.1) is 0 Å². The lowest BCUT2D eigenvalue weighted by Gasteiger charge is -2.07. The van der Waals surface area contributed by atoms with Crippen LogP contribution in [0.5, 0.6) is 5.75 Å². The van der Waals surface area contributed by atoms with Crippen LogP contribution in [0.2, 0.25) is 0 Å². The number of ether oxygens (including phenoxy) is 1. The van der Waals surface area contributed by atoms with Crippen molar-refractivity contribution in [1.82, 2.24) is 0 Å². The molecule has 1 aromatic heterocycles. The van der Waals surface area contributed by atoms with E-state index < -0.39 is 13.1 Å². The zero-order valence-corrected chi connectivity index (χ0v) is 15.5. The molecule has 0 spiro atoms. The summed E-state index contributed by atoms with van der Waals surface area (Å²) in [6.07, 6.45) is 0.581. The Labute approximate surface area is 155 Å². The quantitative estimate of drug-likeness (QED) is 0.592. The van der Waals surface area contributed by atoms with Gasteiger partial charge in [-0.3, -0.25) is 9.36 Å². The van der Waals surface area contributed by atoms with Gasteiger partial charge in [-0.25, -0.2) is 0 Å². The molecule has 0 aliphatic carbocycles. The molecule has 0 fully saturated rings. The van der Waals surface area contributed by atoms with Gasteiger partial charge in [-0.1, -0.05) is 42.5 Å². The van der Waals surface area contributed by atoms with Gasteiger partial charge in [-0.05, 0) is 35.4 Å². The molecule has 0 saturated heterocycles. The highest BCUT2D eigenvalue weighted by Gasteiger charge is 2.28. The third-order valence-corrected chi connectivity index (χ3v) is 5.69. The number of hydrogen-bond acceptors (Lipinski definition) is 4. The van der Waals surface area contributed by atoms with E-state index >= 15 is 0 Å². The zero-order chi connectivity index (χ0) is 18.6. The summed E-state index contributed by atoms with van der Waals surface area (Å²) in [5, 5.41) is 0. The highest BCUT2D eigenvalue weighted by molar-refractivity contribution is 7.71. The number of carbonyl (C=O) groups excluding carboxylic acids is 1. The molecule has 0 unspecified atom stereocenters. The smallest absolute Gasteiger partial charge is 0.397 e. The summed E-state index contributed by atoms with van der Waals surface area (Å²) in [5.74, 6) is 0.765. The monoisotopic (exact) mass is 388 g/mol. The maximum Gasteiger partial charge on any atom is 0.397 e. The van der Waals surface area contributed by atoms with Crippen molar-refractivity contribution < 1.29 is 23.9 Å². The highest BCUT2D eigenvalue weighted by Crippen LogP contribution is 2.41. The van der Waals surface area contributed by atoms with E-state index in [2.05, 4.69) is 0 Å². The Hall–Kier alpha value is -2.24. The molecule has 0 atom stereocenters. The van der Waals surface area contributed by atoms with Crippen LogP contribution in [0.25, 0.3) is 0 Å². The average molecular weight is 388 g/mol. The molecular weight excluding hydrogens is 371 g/mol. The average Bonchev–Trinajstić information content (AvgIpc) is 3.09. The summed E-state index contributed by atoms with van der Waals surface area (Å²) in [6, 6.07) is 20.7. The minimum atomic E-state index is -4.73. The van der Waals surface area contributed by atoms with E-state index in [9.17, 15) is 9.36 Å². The van der Waals surface area contributed by atoms with Gasteiger partial charge >= 0.3 is 7.60 Å². The Bertz CT molecular complexity index is 928. The van der Waals surface area contributed by atoms with Crippen LogP contribution in [0.1, 0.15) is 25.7 Å². The van der Waals surface area contributed by atoms with Gasteiger partial charge in [0.05, 0.1) is 4.88 Å². The second-order valence-corrected chi connectivity index (χ2v) is 8.37. The molecule has 0 bridgehead atoms. The van der Waals surface area contributed by atoms with Gasteiger partial charge in [0.25, 0.3) is 5.52 Å². The lowest BCUT2D eigenvalue weighted by Crippen LogP contribution is -1.96. The molecule has 0 aliphatic heterocycles. The molecule has 7 heteroatoms. The van der Waals surface area contributed by atoms with Crippen molar-refractivity contribution in [3.8, 4) is 5.75 Å².